The summed E-state index contributed by atoms with van der Waals surface area (Å²) in [6.45, 7) is 3.02. The van der Waals surface area contributed by atoms with E-state index >= 15 is 0 Å². The molecule has 0 amide bonds. The number of hydrogen-bond donors (Lipinski definition) is 1. The second-order valence-electron chi connectivity index (χ2n) is 5.44. The fourth-order valence-corrected chi connectivity index (χ4v) is 3.28. The number of nitrogens with one attached hydrogen (secondary N) is 1. The molecule has 4 heteroatoms. The topological polar surface area (TPSA) is 48.3 Å². The standard InChI is InChI=1S/C13H23N3O/c1-10-12(5-7-17-10)16(3)11-4-6-13(8-11,9-14)15-2/h10-12,15H,4-8H2,1-3H3. The van der Waals surface area contributed by atoms with E-state index < -0.39 is 0 Å². The van der Waals surface area contributed by atoms with E-state index in [0.29, 0.717) is 18.2 Å². The normalized spacial score (nSPS) is 41.9. The summed E-state index contributed by atoms with van der Waals surface area (Å²) in [6.07, 6.45) is 4.43. The molecule has 0 aromatic heterocycles. The molecule has 0 bridgehead atoms. The van der Waals surface area contributed by atoms with E-state index in [9.17, 15) is 5.26 Å². The molecule has 96 valence electrons. The molecule has 1 heterocycles. The highest BCUT2D eigenvalue weighted by Crippen LogP contribution is 2.34. The van der Waals surface area contributed by atoms with Gasteiger partial charge in [0.1, 0.15) is 5.54 Å². The molecular formula is C13H23N3O. The average Bonchev–Trinajstić information content (AvgIpc) is 2.95. The molecule has 1 aliphatic carbocycles. The summed E-state index contributed by atoms with van der Waals surface area (Å²) in [7, 11) is 4.08. The molecule has 4 nitrogen and oxygen atoms in total. The van der Waals surface area contributed by atoms with Crippen LogP contribution in [0.5, 0.6) is 0 Å². The summed E-state index contributed by atoms with van der Waals surface area (Å²) in [5, 5.41) is 12.5. The van der Waals surface area contributed by atoms with Crippen molar-refractivity contribution in [2.24, 2.45) is 0 Å². The van der Waals surface area contributed by atoms with Gasteiger partial charge in [-0.1, -0.05) is 0 Å². The van der Waals surface area contributed by atoms with Gasteiger partial charge in [-0.2, -0.15) is 5.26 Å². The van der Waals surface area contributed by atoms with E-state index in [1.165, 1.54) is 0 Å². The minimum atomic E-state index is -0.304. The number of hydrogen-bond acceptors (Lipinski definition) is 4. The molecule has 0 aromatic carbocycles. The maximum absolute atomic E-state index is 9.28. The second kappa shape index (κ2) is 4.93. The van der Waals surface area contributed by atoms with Crippen LogP contribution in [0.25, 0.3) is 0 Å². The number of nitriles is 1. The Labute approximate surface area is 104 Å². The van der Waals surface area contributed by atoms with Crippen LogP contribution in [0.15, 0.2) is 0 Å². The Hall–Kier alpha value is -0.630. The van der Waals surface area contributed by atoms with Gasteiger partial charge in [0.05, 0.1) is 12.2 Å². The fraction of sp³-hybridized carbons (Fsp3) is 0.923. The quantitative estimate of drug-likeness (QED) is 0.799. The van der Waals surface area contributed by atoms with E-state index in [-0.39, 0.29) is 5.54 Å². The fourth-order valence-electron chi connectivity index (χ4n) is 3.28. The first-order valence-electron chi connectivity index (χ1n) is 6.55. The highest BCUT2D eigenvalue weighted by Gasteiger charge is 2.42. The van der Waals surface area contributed by atoms with E-state index in [4.69, 9.17) is 4.74 Å². The van der Waals surface area contributed by atoms with Crippen molar-refractivity contribution in [2.45, 2.75) is 56.3 Å². The van der Waals surface area contributed by atoms with Crippen molar-refractivity contribution in [1.82, 2.24) is 10.2 Å². The molecule has 0 aromatic rings. The molecule has 2 fully saturated rings. The van der Waals surface area contributed by atoms with Crippen LogP contribution in [-0.2, 0) is 4.74 Å². The van der Waals surface area contributed by atoms with Crippen LogP contribution in [0.1, 0.15) is 32.6 Å². The van der Waals surface area contributed by atoms with Crippen LogP contribution >= 0.6 is 0 Å². The molecule has 0 spiro atoms. The van der Waals surface area contributed by atoms with Gasteiger partial charge in [0, 0.05) is 18.7 Å². The Bertz CT molecular complexity index is 314. The number of likely N-dealkylation sites (N-methyl/N-ethyl adjacent to an activating group) is 1. The number of ether oxygens (including phenoxy) is 1. The smallest absolute Gasteiger partial charge is 0.108 e. The third-order valence-corrected chi connectivity index (χ3v) is 4.62. The second-order valence-corrected chi connectivity index (χ2v) is 5.44. The summed E-state index contributed by atoms with van der Waals surface area (Å²) in [5.74, 6) is 0. The molecule has 4 atom stereocenters. The van der Waals surface area contributed by atoms with Crippen LogP contribution in [0.2, 0.25) is 0 Å². The molecule has 0 radical (unpaired) electrons. The van der Waals surface area contributed by atoms with Gasteiger partial charge in [0.25, 0.3) is 0 Å². The summed E-state index contributed by atoms with van der Waals surface area (Å²) in [4.78, 5) is 2.44. The first-order valence-corrected chi connectivity index (χ1v) is 6.55. The van der Waals surface area contributed by atoms with Crippen LogP contribution in [-0.4, -0.2) is 49.3 Å². The molecule has 1 N–H and O–H groups in total. The van der Waals surface area contributed by atoms with Gasteiger partial charge in [-0.05, 0) is 46.7 Å². The van der Waals surface area contributed by atoms with Gasteiger partial charge in [0.2, 0.25) is 0 Å². The summed E-state index contributed by atoms with van der Waals surface area (Å²) in [5.41, 5.74) is -0.304. The third-order valence-electron chi connectivity index (χ3n) is 4.62. The number of rotatable bonds is 3. The van der Waals surface area contributed by atoms with E-state index in [1.807, 2.05) is 7.05 Å². The Kier molecular flexibility index (Phi) is 3.72. The van der Waals surface area contributed by atoms with Crippen LogP contribution in [0.3, 0.4) is 0 Å². The Morgan fingerprint density at radius 2 is 2.24 bits per heavy atom. The molecule has 2 aliphatic rings. The van der Waals surface area contributed by atoms with Crippen molar-refractivity contribution in [3.05, 3.63) is 0 Å². The zero-order chi connectivity index (χ0) is 12.5. The lowest BCUT2D eigenvalue weighted by Gasteiger charge is -2.32. The van der Waals surface area contributed by atoms with Gasteiger partial charge in [-0.25, -0.2) is 0 Å². The Balaban J connectivity index is 1.98. The minimum Gasteiger partial charge on any atom is -0.377 e. The van der Waals surface area contributed by atoms with Gasteiger partial charge in [0.15, 0.2) is 0 Å². The van der Waals surface area contributed by atoms with Crippen molar-refractivity contribution < 1.29 is 4.74 Å². The molecule has 17 heavy (non-hydrogen) atoms. The van der Waals surface area contributed by atoms with Gasteiger partial charge in [-0.3, -0.25) is 4.90 Å². The lowest BCUT2D eigenvalue weighted by molar-refractivity contribution is 0.0674. The highest BCUT2D eigenvalue weighted by molar-refractivity contribution is 5.13. The molecule has 4 unspecified atom stereocenters. The molecule has 2 rings (SSSR count). The minimum absolute atomic E-state index is 0.304. The first kappa shape index (κ1) is 12.8. The van der Waals surface area contributed by atoms with Crippen LogP contribution in [0.4, 0.5) is 0 Å². The van der Waals surface area contributed by atoms with E-state index in [2.05, 4.69) is 30.3 Å². The van der Waals surface area contributed by atoms with Crippen molar-refractivity contribution in [3.8, 4) is 6.07 Å². The van der Waals surface area contributed by atoms with Crippen molar-refractivity contribution in [3.63, 3.8) is 0 Å². The first-order chi connectivity index (χ1) is 8.12. The average molecular weight is 237 g/mol. The summed E-state index contributed by atoms with van der Waals surface area (Å²) in [6, 6.07) is 3.47. The Morgan fingerprint density at radius 3 is 2.71 bits per heavy atom. The summed E-state index contributed by atoms with van der Waals surface area (Å²) < 4.78 is 5.63. The zero-order valence-electron chi connectivity index (χ0n) is 11.1. The van der Waals surface area contributed by atoms with Crippen molar-refractivity contribution >= 4 is 0 Å². The highest BCUT2D eigenvalue weighted by atomic mass is 16.5. The van der Waals surface area contributed by atoms with Gasteiger partial charge in [-0.15, -0.1) is 0 Å². The summed E-state index contributed by atoms with van der Waals surface area (Å²) >= 11 is 0. The maximum atomic E-state index is 9.28. The van der Waals surface area contributed by atoms with Crippen molar-refractivity contribution in [1.29, 1.82) is 5.26 Å². The van der Waals surface area contributed by atoms with E-state index in [0.717, 1.165) is 32.3 Å². The third kappa shape index (κ3) is 2.33. The van der Waals surface area contributed by atoms with Gasteiger partial charge >= 0.3 is 0 Å². The predicted molar refractivity (Wildman–Crippen MR) is 66.6 cm³/mol. The lowest BCUT2D eigenvalue weighted by Crippen LogP contribution is -2.45. The zero-order valence-corrected chi connectivity index (χ0v) is 11.1. The van der Waals surface area contributed by atoms with Crippen LogP contribution in [0, 0.1) is 11.3 Å². The van der Waals surface area contributed by atoms with Crippen LogP contribution < -0.4 is 5.32 Å². The largest absolute Gasteiger partial charge is 0.377 e. The molecule has 1 saturated carbocycles. The number of nitrogens with zero attached hydrogens (tertiary/aromatic N) is 2. The monoisotopic (exact) mass is 237 g/mol. The van der Waals surface area contributed by atoms with E-state index in [1.54, 1.807) is 0 Å². The predicted octanol–water partition coefficient (Wildman–Crippen LogP) is 1.13. The maximum Gasteiger partial charge on any atom is 0.108 e. The Morgan fingerprint density at radius 1 is 1.47 bits per heavy atom. The SMILES string of the molecule is CNC1(C#N)CCC(N(C)C2CCOC2C)C1. The molecular weight excluding hydrogens is 214 g/mol. The molecule has 1 aliphatic heterocycles. The lowest BCUT2D eigenvalue weighted by atomic mass is 9.99. The molecule has 1 saturated heterocycles. The van der Waals surface area contributed by atoms with Crippen molar-refractivity contribution in [2.75, 3.05) is 20.7 Å². The van der Waals surface area contributed by atoms with Gasteiger partial charge < -0.3 is 10.1 Å².